The number of ether oxygens (including phenoxy) is 2. The molecule has 0 unspecified atom stereocenters. The van der Waals surface area contributed by atoms with Crippen molar-refractivity contribution in [2.75, 3.05) is 7.11 Å². The Kier molecular flexibility index (Phi) is 4.48. The molecule has 0 aliphatic rings. The van der Waals surface area contributed by atoms with E-state index in [1.54, 1.807) is 48.9 Å². The van der Waals surface area contributed by atoms with Gasteiger partial charge in [-0.1, -0.05) is 6.07 Å². The number of rotatable bonds is 4. The molecule has 0 aliphatic carbocycles. The second-order valence-corrected chi connectivity index (χ2v) is 6.68. The van der Waals surface area contributed by atoms with Gasteiger partial charge in [-0.2, -0.15) is 0 Å². The molecule has 134 valence electrons. The normalized spacial score (nSPS) is 10.7. The number of fused-ring (bicyclic) bond motifs is 1. The van der Waals surface area contributed by atoms with Crippen LogP contribution in [0.4, 0.5) is 0 Å². The van der Waals surface area contributed by atoms with E-state index in [2.05, 4.69) is 0 Å². The molecule has 4 rings (SSSR count). The number of hydrogen-bond donors (Lipinski definition) is 0. The van der Waals surface area contributed by atoms with Gasteiger partial charge in [-0.25, -0.2) is 4.79 Å². The summed E-state index contributed by atoms with van der Waals surface area (Å²) in [6.45, 7) is 0. The zero-order valence-corrected chi connectivity index (χ0v) is 15.1. The quantitative estimate of drug-likeness (QED) is 0.379. The van der Waals surface area contributed by atoms with E-state index < -0.39 is 5.97 Å². The van der Waals surface area contributed by atoms with E-state index in [9.17, 15) is 9.59 Å². The minimum absolute atomic E-state index is 0.212. The summed E-state index contributed by atoms with van der Waals surface area (Å²) in [5, 5.41) is 2.15. The minimum Gasteiger partial charge on any atom is -0.497 e. The first-order chi connectivity index (χ1) is 13.1. The van der Waals surface area contributed by atoms with Gasteiger partial charge in [0.15, 0.2) is 5.43 Å². The summed E-state index contributed by atoms with van der Waals surface area (Å²) in [6.07, 6.45) is 0. The highest BCUT2D eigenvalue weighted by Crippen LogP contribution is 2.26. The van der Waals surface area contributed by atoms with Crippen molar-refractivity contribution < 1.29 is 18.7 Å². The summed E-state index contributed by atoms with van der Waals surface area (Å²) in [5.41, 5.74) is 0.975. The Morgan fingerprint density at radius 1 is 1.00 bits per heavy atom. The number of carbonyl (C=O) groups is 1. The van der Waals surface area contributed by atoms with E-state index in [1.807, 2.05) is 12.1 Å². The molecule has 2 aromatic carbocycles. The monoisotopic (exact) mass is 378 g/mol. The third-order valence-corrected chi connectivity index (χ3v) is 4.86. The maximum Gasteiger partial charge on any atom is 0.353 e. The molecule has 0 saturated carbocycles. The number of thiophene rings is 1. The molecule has 0 saturated heterocycles. The van der Waals surface area contributed by atoms with Crippen LogP contribution in [0.5, 0.6) is 11.5 Å². The third-order valence-electron chi connectivity index (χ3n) is 4.01. The molecule has 4 aromatic rings. The number of carbonyl (C=O) groups excluding carboxylic acids is 1. The lowest BCUT2D eigenvalue weighted by Gasteiger charge is -2.06. The molecular weight excluding hydrogens is 364 g/mol. The predicted octanol–water partition coefficient (Wildman–Crippen LogP) is 4.75. The van der Waals surface area contributed by atoms with Gasteiger partial charge in [0, 0.05) is 11.6 Å². The molecule has 0 amide bonds. The van der Waals surface area contributed by atoms with Gasteiger partial charge < -0.3 is 13.9 Å². The fraction of sp³-hybridized carbons (Fsp3) is 0.0476. The Labute approximate surface area is 158 Å². The highest BCUT2D eigenvalue weighted by atomic mass is 32.1. The Hall–Kier alpha value is -3.38. The molecule has 0 bridgehead atoms. The molecule has 0 aliphatic heterocycles. The highest BCUT2D eigenvalue weighted by molar-refractivity contribution is 7.12. The zero-order valence-electron chi connectivity index (χ0n) is 14.3. The Bertz CT molecular complexity index is 1160. The van der Waals surface area contributed by atoms with Crippen LogP contribution in [0.1, 0.15) is 9.67 Å². The standard InChI is InChI=1S/C21H14O5S/c1-24-14-6-4-13(5-7-14)19-12-17(22)16-11-15(8-9-18(16)26-19)25-21(23)20-3-2-10-27-20/h2-12H,1H3. The van der Waals surface area contributed by atoms with E-state index in [1.165, 1.54) is 23.5 Å². The van der Waals surface area contributed by atoms with Crippen molar-refractivity contribution in [3.05, 3.63) is 81.1 Å². The van der Waals surface area contributed by atoms with E-state index in [0.29, 0.717) is 27.4 Å². The predicted molar refractivity (Wildman–Crippen MR) is 104 cm³/mol. The first-order valence-electron chi connectivity index (χ1n) is 8.12. The summed E-state index contributed by atoms with van der Waals surface area (Å²) in [5.74, 6) is 1.02. The van der Waals surface area contributed by atoms with Gasteiger partial charge >= 0.3 is 5.97 Å². The smallest absolute Gasteiger partial charge is 0.353 e. The molecule has 2 heterocycles. The van der Waals surface area contributed by atoms with E-state index in [-0.39, 0.29) is 5.43 Å². The van der Waals surface area contributed by atoms with Crippen molar-refractivity contribution in [2.45, 2.75) is 0 Å². The second kappa shape index (κ2) is 7.09. The van der Waals surface area contributed by atoms with Crippen LogP contribution >= 0.6 is 11.3 Å². The first-order valence-corrected chi connectivity index (χ1v) is 9.00. The second-order valence-electron chi connectivity index (χ2n) is 5.73. The molecule has 0 atom stereocenters. The number of methoxy groups -OCH3 is 1. The van der Waals surface area contributed by atoms with Crippen LogP contribution < -0.4 is 14.9 Å². The Balaban J connectivity index is 1.67. The lowest BCUT2D eigenvalue weighted by Crippen LogP contribution is -2.07. The average molecular weight is 378 g/mol. The Morgan fingerprint density at radius 2 is 1.78 bits per heavy atom. The van der Waals surface area contributed by atoms with Gasteiger partial charge in [-0.15, -0.1) is 11.3 Å². The molecule has 0 N–H and O–H groups in total. The number of hydrogen-bond acceptors (Lipinski definition) is 6. The summed E-state index contributed by atoms with van der Waals surface area (Å²) < 4.78 is 16.3. The maximum atomic E-state index is 12.5. The SMILES string of the molecule is COc1ccc(-c2cc(=O)c3cc(OC(=O)c4cccs4)ccc3o2)cc1. The highest BCUT2D eigenvalue weighted by Gasteiger charge is 2.12. The van der Waals surface area contributed by atoms with Crippen LogP contribution in [-0.4, -0.2) is 13.1 Å². The molecule has 0 spiro atoms. The molecule has 5 nitrogen and oxygen atoms in total. The van der Waals surface area contributed by atoms with Crippen molar-refractivity contribution in [3.63, 3.8) is 0 Å². The van der Waals surface area contributed by atoms with E-state index in [0.717, 1.165) is 11.3 Å². The van der Waals surface area contributed by atoms with E-state index >= 15 is 0 Å². The molecule has 2 aromatic heterocycles. The fourth-order valence-electron chi connectivity index (χ4n) is 2.65. The zero-order chi connectivity index (χ0) is 18.8. The number of esters is 1. The van der Waals surface area contributed by atoms with E-state index in [4.69, 9.17) is 13.9 Å². The summed E-state index contributed by atoms with van der Waals surface area (Å²) >= 11 is 1.30. The molecule has 0 fully saturated rings. The molecule has 0 radical (unpaired) electrons. The van der Waals surface area contributed by atoms with Crippen LogP contribution in [0.15, 0.2) is 75.3 Å². The van der Waals surface area contributed by atoms with Crippen LogP contribution in [0, 0.1) is 0 Å². The summed E-state index contributed by atoms with van der Waals surface area (Å²) in [6, 6.07) is 16.9. The first kappa shape index (κ1) is 17.1. The number of benzene rings is 2. The van der Waals surface area contributed by atoms with Gasteiger partial charge in [0.2, 0.25) is 0 Å². The Morgan fingerprint density at radius 3 is 2.48 bits per heavy atom. The van der Waals surface area contributed by atoms with Crippen molar-refractivity contribution >= 4 is 28.3 Å². The van der Waals surface area contributed by atoms with Crippen molar-refractivity contribution in [3.8, 4) is 22.8 Å². The van der Waals surface area contributed by atoms with Crippen molar-refractivity contribution in [1.29, 1.82) is 0 Å². The lowest BCUT2D eigenvalue weighted by molar-refractivity contribution is 0.0740. The lowest BCUT2D eigenvalue weighted by atomic mass is 10.1. The van der Waals surface area contributed by atoms with Crippen molar-refractivity contribution in [2.24, 2.45) is 0 Å². The van der Waals surface area contributed by atoms with Crippen LogP contribution in [0.2, 0.25) is 0 Å². The maximum absolute atomic E-state index is 12.5. The third kappa shape index (κ3) is 3.47. The summed E-state index contributed by atoms with van der Waals surface area (Å²) in [4.78, 5) is 25.1. The molecule has 6 heteroatoms. The van der Waals surface area contributed by atoms with Gasteiger partial charge in [-0.3, -0.25) is 4.79 Å². The van der Waals surface area contributed by atoms with Gasteiger partial charge in [0.25, 0.3) is 0 Å². The topological polar surface area (TPSA) is 65.7 Å². The molecular formula is C21H14O5S. The van der Waals surface area contributed by atoms with Crippen LogP contribution in [0.25, 0.3) is 22.3 Å². The van der Waals surface area contributed by atoms with Gasteiger partial charge in [0.1, 0.15) is 27.7 Å². The van der Waals surface area contributed by atoms with Gasteiger partial charge in [-0.05, 0) is 53.9 Å². The largest absolute Gasteiger partial charge is 0.497 e. The fourth-order valence-corrected chi connectivity index (χ4v) is 3.25. The average Bonchev–Trinajstić information content (AvgIpc) is 3.23. The molecule has 27 heavy (non-hydrogen) atoms. The van der Waals surface area contributed by atoms with Crippen LogP contribution in [0.3, 0.4) is 0 Å². The van der Waals surface area contributed by atoms with Crippen LogP contribution in [-0.2, 0) is 0 Å². The minimum atomic E-state index is -0.455. The van der Waals surface area contributed by atoms with Crippen molar-refractivity contribution in [1.82, 2.24) is 0 Å². The van der Waals surface area contributed by atoms with Gasteiger partial charge in [0.05, 0.1) is 12.5 Å². The summed E-state index contributed by atoms with van der Waals surface area (Å²) in [7, 11) is 1.59.